The van der Waals surface area contributed by atoms with Crippen molar-refractivity contribution in [3.05, 3.63) is 193 Å². The van der Waals surface area contributed by atoms with Crippen LogP contribution in [0.2, 0.25) is 0 Å². The van der Waals surface area contributed by atoms with E-state index in [4.69, 9.17) is 0 Å². The Hall–Kier alpha value is -7.86. The van der Waals surface area contributed by atoms with Crippen LogP contribution >= 0.6 is 0 Å². The Morgan fingerprint density at radius 3 is 1.20 bits per heavy atom. The van der Waals surface area contributed by atoms with Gasteiger partial charge in [-0.2, -0.15) is 15.3 Å². The molecule has 12 nitrogen and oxygen atoms in total. The molecule has 0 spiro atoms. The summed E-state index contributed by atoms with van der Waals surface area (Å²) in [6.45, 7) is 16.1. The molecule has 0 heterocycles. The number of urea groups is 3. The highest BCUT2D eigenvalue weighted by Gasteiger charge is 2.12. The number of anilines is 3. The molecule has 0 bridgehead atoms. The topological polar surface area (TPSA) is 160 Å². The van der Waals surface area contributed by atoms with Crippen LogP contribution in [-0.4, -0.2) is 36.7 Å². The van der Waals surface area contributed by atoms with Gasteiger partial charge in [-0.3, -0.25) is 0 Å². The van der Waals surface area contributed by atoms with Gasteiger partial charge in [0.05, 0.1) is 18.6 Å². The zero-order chi connectivity index (χ0) is 47.2. The van der Waals surface area contributed by atoms with Gasteiger partial charge in [0.25, 0.3) is 0 Å². The molecule has 0 fully saturated rings. The van der Waals surface area contributed by atoms with Crippen molar-refractivity contribution >= 4 is 53.8 Å². The molecule has 0 aliphatic heterocycles. The fraction of sp³-hybridized carbons (Fsp3) is 0.222. The lowest BCUT2D eigenvalue weighted by Crippen LogP contribution is -2.25. The van der Waals surface area contributed by atoms with Crippen LogP contribution in [0.25, 0.3) is 0 Å². The summed E-state index contributed by atoms with van der Waals surface area (Å²) in [6.07, 6.45) is 7.25. The summed E-state index contributed by atoms with van der Waals surface area (Å²) in [5, 5.41) is 21.1. The van der Waals surface area contributed by atoms with E-state index in [1.807, 2.05) is 108 Å². The molecule has 0 radical (unpaired) electrons. The van der Waals surface area contributed by atoms with Crippen LogP contribution < -0.4 is 32.2 Å². The highest BCUT2D eigenvalue weighted by Crippen LogP contribution is 2.26. The smallest absolute Gasteiger partial charge is 0.306 e. The van der Waals surface area contributed by atoms with Crippen molar-refractivity contribution in [2.75, 3.05) is 16.0 Å². The van der Waals surface area contributed by atoms with Crippen molar-refractivity contribution in [2.24, 2.45) is 15.3 Å². The number of nitrogens with zero attached hydrogens (tertiary/aromatic N) is 3. The van der Waals surface area contributed by atoms with Crippen LogP contribution in [0, 0.1) is 41.5 Å². The Morgan fingerprint density at radius 2 is 0.788 bits per heavy atom. The molecule has 0 unspecified atom stereocenters. The molecule has 0 saturated carbocycles. The first kappa shape index (κ1) is 47.6. The number of hydrogen-bond acceptors (Lipinski definition) is 6. The van der Waals surface area contributed by atoms with E-state index in [0.29, 0.717) is 12.3 Å². The van der Waals surface area contributed by atoms with E-state index in [1.54, 1.807) is 18.6 Å². The molecule has 66 heavy (non-hydrogen) atoms. The van der Waals surface area contributed by atoms with Crippen LogP contribution in [-0.2, 0) is 19.3 Å². The van der Waals surface area contributed by atoms with Gasteiger partial charge in [0.1, 0.15) is 0 Å². The van der Waals surface area contributed by atoms with Gasteiger partial charge in [-0.1, -0.05) is 129 Å². The third-order valence-corrected chi connectivity index (χ3v) is 11.2. The Bertz CT molecular complexity index is 2690. The van der Waals surface area contributed by atoms with E-state index in [1.165, 1.54) is 16.7 Å². The number of amides is 6. The Morgan fingerprint density at radius 1 is 0.439 bits per heavy atom. The standard InChI is InChI=1S/C54H59N9O3/c1-34(2)48-24-22-45(23-25-48)33-57-63-53(65)59-50-37(5)26-46(27-38(50)6)21-14-41-12-17-43(18-13-41)31-55-62-54(66)60-51-39(7)28-47(29-40(51)8)30-42-15-19-44(20-16-42)32-56-61-52(64)58-49-35(3)10-9-11-36(49)4/h9-13,15-20,22-29,31-34H,14,21,30H2,1-8H3,(H2,58,61,64)(H2,59,63,65)(H2,60,62,66)/b55-31+,56-32+,57-33+. The Balaban J connectivity index is 0.920. The normalized spacial score (nSPS) is 11.3. The molecular formula is C54H59N9O3. The van der Waals surface area contributed by atoms with Crippen molar-refractivity contribution < 1.29 is 14.4 Å². The maximum Gasteiger partial charge on any atom is 0.339 e. The average Bonchev–Trinajstić information content (AvgIpc) is 3.28. The van der Waals surface area contributed by atoms with E-state index in [0.717, 1.165) is 91.1 Å². The van der Waals surface area contributed by atoms with Crippen LogP contribution in [0.3, 0.4) is 0 Å². The van der Waals surface area contributed by atoms with Gasteiger partial charge in [-0.25, -0.2) is 30.7 Å². The number of aryl methyl sites for hydroxylation is 8. The van der Waals surface area contributed by atoms with Crippen molar-refractivity contribution in [3.8, 4) is 0 Å². The third-order valence-electron chi connectivity index (χ3n) is 11.2. The quantitative estimate of drug-likeness (QED) is 0.0448. The van der Waals surface area contributed by atoms with Gasteiger partial charge in [-0.05, 0) is 145 Å². The monoisotopic (exact) mass is 881 g/mol. The number of hydrazone groups is 3. The average molecular weight is 882 g/mol. The lowest BCUT2D eigenvalue weighted by Gasteiger charge is -2.14. The molecule has 338 valence electrons. The summed E-state index contributed by atoms with van der Waals surface area (Å²) in [7, 11) is 0. The molecule has 6 aromatic rings. The molecule has 6 amide bonds. The zero-order valence-electron chi connectivity index (χ0n) is 39.0. The maximum atomic E-state index is 12.8. The Labute approximate surface area is 388 Å². The van der Waals surface area contributed by atoms with Gasteiger partial charge in [0.2, 0.25) is 0 Å². The predicted octanol–water partition coefficient (Wildman–Crippen LogP) is 11.5. The predicted molar refractivity (Wildman–Crippen MR) is 271 cm³/mol. The number of benzene rings is 6. The van der Waals surface area contributed by atoms with Crippen molar-refractivity contribution in [2.45, 2.75) is 80.6 Å². The molecule has 0 aromatic heterocycles. The van der Waals surface area contributed by atoms with E-state index < -0.39 is 18.1 Å². The van der Waals surface area contributed by atoms with Crippen LogP contribution in [0.15, 0.2) is 131 Å². The number of rotatable bonds is 15. The fourth-order valence-electron chi connectivity index (χ4n) is 7.66. The number of carbonyl (C=O) groups is 3. The summed E-state index contributed by atoms with van der Waals surface area (Å²) < 4.78 is 0. The van der Waals surface area contributed by atoms with Crippen molar-refractivity contribution in [1.29, 1.82) is 0 Å². The third kappa shape index (κ3) is 13.8. The van der Waals surface area contributed by atoms with Gasteiger partial charge in [0.15, 0.2) is 0 Å². The zero-order valence-corrected chi connectivity index (χ0v) is 39.0. The van der Waals surface area contributed by atoms with Gasteiger partial charge in [0, 0.05) is 17.1 Å². The van der Waals surface area contributed by atoms with E-state index in [9.17, 15) is 14.4 Å². The second-order valence-corrected chi connectivity index (χ2v) is 16.9. The van der Waals surface area contributed by atoms with Crippen LogP contribution in [0.1, 0.15) is 97.7 Å². The van der Waals surface area contributed by atoms with Crippen molar-refractivity contribution in [3.63, 3.8) is 0 Å². The summed E-state index contributed by atoms with van der Waals surface area (Å²) >= 11 is 0. The first-order chi connectivity index (χ1) is 31.7. The number of nitrogens with one attached hydrogen (secondary N) is 6. The second kappa shape index (κ2) is 22.7. The molecule has 6 N–H and O–H groups in total. The molecule has 0 saturated heterocycles. The highest BCUT2D eigenvalue weighted by molar-refractivity contribution is 5.94. The number of hydrogen-bond donors (Lipinski definition) is 6. The molecule has 0 atom stereocenters. The lowest BCUT2D eigenvalue weighted by atomic mass is 9.98. The molecular weight excluding hydrogens is 823 g/mol. The number of para-hydroxylation sites is 1. The van der Waals surface area contributed by atoms with E-state index >= 15 is 0 Å². The largest absolute Gasteiger partial charge is 0.339 e. The number of carbonyl (C=O) groups excluding carboxylic acids is 3. The maximum absolute atomic E-state index is 12.8. The summed E-state index contributed by atoms with van der Waals surface area (Å²) in [4.78, 5) is 37.8. The van der Waals surface area contributed by atoms with Crippen LogP contribution in [0.4, 0.5) is 31.4 Å². The van der Waals surface area contributed by atoms with E-state index in [-0.39, 0.29) is 0 Å². The first-order valence-electron chi connectivity index (χ1n) is 22.0. The lowest BCUT2D eigenvalue weighted by molar-refractivity contribution is 0.251. The SMILES string of the molecule is Cc1cccc(C)c1NC(=O)N/N=C/c1ccc(Cc2cc(C)c(NC(=O)N/N=C/c3ccc(CCc4cc(C)c(NC(=O)N/N=C/c5ccc(C(C)C)cc5)c(C)c4)cc3)c(C)c2)cc1. The fourth-order valence-corrected chi connectivity index (χ4v) is 7.66. The van der Waals surface area contributed by atoms with E-state index in [2.05, 4.69) is 110 Å². The minimum absolute atomic E-state index is 0.397. The first-order valence-corrected chi connectivity index (χ1v) is 22.0. The second-order valence-electron chi connectivity index (χ2n) is 16.9. The Kier molecular flexibility index (Phi) is 16.4. The van der Waals surface area contributed by atoms with Gasteiger partial charge >= 0.3 is 18.1 Å². The molecule has 0 aliphatic carbocycles. The summed E-state index contributed by atoms with van der Waals surface area (Å²) in [5.41, 5.74) is 24.2. The molecule has 6 rings (SSSR count). The minimum Gasteiger partial charge on any atom is -0.306 e. The minimum atomic E-state index is -0.430. The molecule has 0 aliphatic rings. The summed E-state index contributed by atoms with van der Waals surface area (Å²) in [6, 6.07) is 37.1. The highest BCUT2D eigenvalue weighted by atomic mass is 16.2. The summed E-state index contributed by atoms with van der Waals surface area (Å²) in [5.74, 6) is 0.455. The van der Waals surface area contributed by atoms with Gasteiger partial charge in [-0.15, -0.1) is 0 Å². The van der Waals surface area contributed by atoms with Crippen LogP contribution in [0.5, 0.6) is 0 Å². The van der Waals surface area contributed by atoms with Crippen molar-refractivity contribution in [1.82, 2.24) is 16.3 Å². The van der Waals surface area contributed by atoms with Gasteiger partial charge < -0.3 is 16.0 Å². The molecule has 12 heteroatoms. The molecule has 6 aromatic carbocycles.